The Morgan fingerprint density at radius 2 is 0.882 bits per heavy atom. The molecule has 6 rings (SSSR count). The first kappa shape index (κ1) is 42.0. The number of carboxylic acids is 2. The summed E-state index contributed by atoms with van der Waals surface area (Å²) < 4.78 is 10.7. The van der Waals surface area contributed by atoms with Crippen LogP contribution >= 0.6 is 0 Å². The number of carbonyl (C=O) groups excluding carboxylic acids is 2. The van der Waals surface area contributed by atoms with E-state index in [1.807, 2.05) is 60.7 Å². The van der Waals surface area contributed by atoms with E-state index < -0.39 is 35.2 Å². The van der Waals surface area contributed by atoms with Crippen molar-refractivity contribution in [3.05, 3.63) is 119 Å². The fourth-order valence-corrected chi connectivity index (χ4v) is 6.28. The van der Waals surface area contributed by atoms with Gasteiger partial charge in [0.05, 0.1) is 6.42 Å². The molecule has 2 aliphatic rings. The van der Waals surface area contributed by atoms with Gasteiger partial charge in [-0.25, -0.2) is 14.4 Å². The Balaban J connectivity index is 0.000000265. The summed E-state index contributed by atoms with van der Waals surface area (Å²) >= 11 is 0. The summed E-state index contributed by atoms with van der Waals surface area (Å²) in [5.41, 5.74) is 6.89. The van der Waals surface area contributed by atoms with Crippen LogP contribution < -0.4 is 10.6 Å². The molecular weight excluding hydrogens is 802 g/mol. The Morgan fingerprint density at radius 1 is 0.569 bits per heavy atom. The first-order chi connectivity index (χ1) is 23.3. The van der Waals surface area contributed by atoms with Crippen LogP contribution in [0.4, 0.5) is 9.59 Å². The van der Waals surface area contributed by atoms with Crippen molar-refractivity contribution < 1.29 is 104 Å². The third-order valence-corrected chi connectivity index (χ3v) is 8.67. The number of amides is 2. The number of carboxylic acid groups (broad SMARTS) is 2. The van der Waals surface area contributed by atoms with Gasteiger partial charge in [-0.05, 0) is 72.2 Å². The standard InChI is InChI=1S/C20H21NO4.C19H19NO4.2Y/c1-20(2,11-18(22)23)21-19(24)25-12-17-15-9-5-3-7-13(15)14-8-4-6-10-16(14)17;1-19(2,17(21)22)20-18(23)24-11-16-14-9-5-3-7-12(14)13-8-4-6-10-15(13)16;;/h3-10,17H,11-12H2,1-2H3,(H,21,24)(H,22,23);3-10,16H,11H2,1-2H3,(H,20,23)(H,21,22);;. The summed E-state index contributed by atoms with van der Waals surface area (Å²) in [5, 5.41) is 22.9. The Hall–Kier alpha value is -3.43. The molecule has 0 fully saturated rings. The minimum absolute atomic E-state index is 0. The molecule has 0 unspecified atom stereocenters. The van der Waals surface area contributed by atoms with Crippen molar-refractivity contribution >= 4 is 24.1 Å². The zero-order valence-electron chi connectivity index (χ0n) is 29.0. The monoisotopic (exact) mass is 842 g/mol. The molecular formula is C39H40N2O8Y2. The molecule has 260 valence electrons. The average molecular weight is 843 g/mol. The van der Waals surface area contributed by atoms with Crippen molar-refractivity contribution in [2.45, 2.75) is 57.0 Å². The van der Waals surface area contributed by atoms with E-state index in [0.717, 1.165) is 33.4 Å². The van der Waals surface area contributed by atoms with Crippen LogP contribution in [0.2, 0.25) is 0 Å². The molecule has 0 aliphatic heterocycles. The molecule has 4 N–H and O–H groups in total. The quantitative estimate of drug-likeness (QED) is 0.139. The van der Waals surface area contributed by atoms with Crippen molar-refractivity contribution in [1.82, 2.24) is 10.6 Å². The Morgan fingerprint density at radius 3 is 1.20 bits per heavy atom. The SMILES string of the molecule is CC(C)(CC(=O)O)NC(=O)OCC1c2ccccc2-c2ccccc21.CC(C)(NC(=O)OCC1c2ccccc2-c2ccccc21)C(=O)O.[Y].[Y]. The number of nitrogens with one attached hydrogen (secondary N) is 2. The predicted octanol–water partition coefficient (Wildman–Crippen LogP) is 7.16. The second-order valence-corrected chi connectivity index (χ2v) is 13.3. The van der Waals surface area contributed by atoms with Gasteiger partial charge < -0.3 is 30.3 Å². The maximum atomic E-state index is 12.1. The van der Waals surface area contributed by atoms with Gasteiger partial charge in [-0.15, -0.1) is 0 Å². The summed E-state index contributed by atoms with van der Waals surface area (Å²) in [6.45, 7) is 6.51. The van der Waals surface area contributed by atoms with Crippen molar-refractivity contribution in [3.63, 3.8) is 0 Å². The number of hydrogen-bond donors (Lipinski definition) is 4. The van der Waals surface area contributed by atoms with E-state index in [1.54, 1.807) is 13.8 Å². The smallest absolute Gasteiger partial charge is 0.408 e. The zero-order valence-corrected chi connectivity index (χ0v) is 34.7. The van der Waals surface area contributed by atoms with E-state index in [1.165, 1.54) is 25.0 Å². The maximum absolute atomic E-state index is 12.1. The summed E-state index contributed by atoms with van der Waals surface area (Å²) in [6.07, 6.45) is -1.51. The first-order valence-electron chi connectivity index (χ1n) is 16.0. The van der Waals surface area contributed by atoms with E-state index in [-0.39, 0.29) is 96.9 Å². The largest absolute Gasteiger partial charge is 0.481 e. The first-order valence-corrected chi connectivity index (χ1v) is 16.0. The summed E-state index contributed by atoms with van der Waals surface area (Å²) in [7, 11) is 0. The van der Waals surface area contributed by atoms with Gasteiger partial charge in [0, 0.05) is 82.8 Å². The second-order valence-electron chi connectivity index (χ2n) is 13.3. The fourth-order valence-electron chi connectivity index (χ4n) is 6.28. The van der Waals surface area contributed by atoms with Crippen LogP contribution in [-0.4, -0.2) is 58.6 Å². The molecule has 10 nitrogen and oxygen atoms in total. The number of rotatable bonds is 9. The summed E-state index contributed by atoms with van der Waals surface area (Å²) in [4.78, 5) is 46.0. The van der Waals surface area contributed by atoms with Crippen LogP contribution in [0.5, 0.6) is 0 Å². The fraction of sp³-hybridized carbons (Fsp3) is 0.282. The van der Waals surface area contributed by atoms with Crippen molar-refractivity contribution in [2.75, 3.05) is 13.2 Å². The molecule has 0 atom stereocenters. The Kier molecular flexibility index (Phi) is 14.7. The Labute approximate surface area is 347 Å². The molecule has 2 aliphatic carbocycles. The van der Waals surface area contributed by atoms with Crippen molar-refractivity contribution in [1.29, 1.82) is 0 Å². The van der Waals surface area contributed by atoms with Gasteiger partial charge in [0.15, 0.2) is 0 Å². The number of ether oxygens (including phenoxy) is 2. The van der Waals surface area contributed by atoms with Crippen LogP contribution in [0.1, 0.15) is 68.2 Å². The normalized spacial score (nSPS) is 12.5. The number of hydrogen-bond acceptors (Lipinski definition) is 6. The van der Waals surface area contributed by atoms with Gasteiger partial charge in [0.25, 0.3) is 0 Å². The molecule has 4 aromatic carbocycles. The number of benzene rings is 4. The second kappa shape index (κ2) is 17.9. The van der Waals surface area contributed by atoms with E-state index in [2.05, 4.69) is 47.0 Å². The van der Waals surface area contributed by atoms with Crippen molar-refractivity contribution in [2.24, 2.45) is 0 Å². The number of carbonyl (C=O) groups is 4. The van der Waals surface area contributed by atoms with Gasteiger partial charge in [-0.3, -0.25) is 4.79 Å². The van der Waals surface area contributed by atoms with Gasteiger partial charge in [0.2, 0.25) is 0 Å². The number of aliphatic carboxylic acids is 2. The summed E-state index contributed by atoms with van der Waals surface area (Å²) in [5.74, 6) is -2.14. The topological polar surface area (TPSA) is 151 Å². The van der Waals surface area contributed by atoms with E-state index in [9.17, 15) is 19.2 Å². The third-order valence-electron chi connectivity index (χ3n) is 8.67. The van der Waals surface area contributed by atoms with E-state index in [0.29, 0.717) is 0 Å². The third kappa shape index (κ3) is 10.1. The molecule has 0 heterocycles. The zero-order chi connectivity index (χ0) is 35.3. The molecule has 0 bridgehead atoms. The maximum Gasteiger partial charge on any atom is 0.408 e. The van der Waals surface area contributed by atoms with Crippen molar-refractivity contribution in [3.8, 4) is 22.3 Å². The van der Waals surface area contributed by atoms with Crippen LogP contribution in [0.15, 0.2) is 97.1 Å². The molecule has 0 saturated carbocycles. The molecule has 12 heteroatoms. The van der Waals surface area contributed by atoms with Gasteiger partial charge in [-0.1, -0.05) is 97.1 Å². The van der Waals surface area contributed by atoms with E-state index in [4.69, 9.17) is 19.7 Å². The van der Waals surface area contributed by atoms with Crippen LogP contribution in [0, 0.1) is 0 Å². The van der Waals surface area contributed by atoms with E-state index >= 15 is 0 Å². The van der Waals surface area contributed by atoms with Crippen LogP contribution in [0.25, 0.3) is 22.3 Å². The average Bonchev–Trinajstić information content (AvgIpc) is 3.54. The predicted molar refractivity (Wildman–Crippen MR) is 184 cm³/mol. The Bertz CT molecular complexity index is 1800. The van der Waals surface area contributed by atoms with Gasteiger partial charge in [0.1, 0.15) is 18.8 Å². The number of fused-ring (bicyclic) bond motifs is 6. The molecule has 2 amide bonds. The molecule has 0 aromatic heterocycles. The van der Waals surface area contributed by atoms with Gasteiger partial charge >= 0.3 is 24.1 Å². The minimum atomic E-state index is -1.37. The molecule has 0 saturated heterocycles. The minimum Gasteiger partial charge on any atom is -0.481 e. The van der Waals surface area contributed by atoms with Crippen LogP contribution in [-0.2, 0) is 84.5 Å². The molecule has 51 heavy (non-hydrogen) atoms. The van der Waals surface area contributed by atoms with Crippen LogP contribution in [0.3, 0.4) is 0 Å². The number of alkyl carbamates (subject to hydrolysis) is 2. The molecule has 2 radical (unpaired) electrons. The summed E-state index contributed by atoms with van der Waals surface area (Å²) in [6, 6.07) is 32.3. The molecule has 4 aromatic rings. The van der Waals surface area contributed by atoms with Gasteiger partial charge in [-0.2, -0.15) is 0 Å². The molecule has 0 spiro atoms.